The van der Waals surface area contributed by atoms with Crippen LogP contribution in [0, 0.1) is 0 Å². The molecule has 1 aliphatic heterocycles. The zero-order valence-electron chi connectivity index (χ0n) is 11.6. The number of carbonyl (C=O) groups is 2. The van der Waals surface area contributed by atoms with Gasteiger partial charge in [-0.15, -0.1) is 0 Å². The number of esters is 2. The summed E-state index contributed by atoms with van der Waals surface area (Å²) < 4.78 is 11.8. The van der Waals surface area contributed by atoms with Gasteiger partial charge in [0.25, 0.3) is 0 Å². The first kappa shape index (κ1) is 13.6. The number of fused-ring (bicyclic) bond motifs is 1. The van der Waals surface area contributed by atoms with Crippen molar-refractivity contribution < 1.29 is 19.1 Å². The Bertz CT molecular complexity index is 488. The normalized spacial score (nSPS) is 16.6. The van der Waals surface area contributed by atoms with E-state index in [1.807, 2.05) is 16.7 Å². The molecule has 0 bridgehead atoms. The van der Waals surface area contributed by atoms with Crippen molar-refractivity contribution in [2.24, 2.45) is 0 Å². The van der Waals surface area contributed by atoms with Crippen LogP contribution in [0.2, 0.25) is 0 Å². The molecule has 0 saturated carbocycles. The van der Waals surface area contributed by atoms with Crippen LogP contribution in [-0.2, 0) is 37.4 Å². The van der Waals surface area contributed by atoms with Crippen LogP contribution >= 0.6 is 0 Å². The number of nitrogens with zero attached hydrogens (tertiary/aromatic N) is 1. The van der Waals surface area contributed by atoms with Crippen LogP contribution in [0.25, 0.3) is 0 Å². The third-order valence-corrected chi connectivity index (χ3v) is 3.87. The second-order valence-corrected chi connectivity index (χ2v) is 4.71. The van der Waals surface area contributed by atoms with Crippen molar-refractivity contribution in [1.82, 2.24) is 4.57 Å². The van der Waals surface area contributed by atoms with E-state index in [4.69, 9.17) is 9.47 Å². The monoisotopic (exact) mass is 265 g/mol. The lowest BCUT2D eigenvalue weighted by Gasteiger charge is -2.34. The highest BCUT2D eigenvalue weighted by molar-refractivity contribution is 6.06. The molecule has 5 nitrogen and oxygen atoms in total. The van der Waals surface area contributed by atoms with Crippen molar-refractivity contribution in [3.8, 4) is 0 Å². The summed E-state index contributed by atoms with van der Waals surface area (Å²) in [5.74, 6) is -1.08. The third-order valence-electron chi connectivity index (χ3n) is 3.87. The molecule has 2 rings (SSSR count). The molecule has 0 N–H and O–H groups in total. The number of hydrogen-bond acceptors (Lipinski definition) is 4. The molecule has 1 aliphatic rings. The van der Waals surface area contributed by atoms with E-state index in [1.165, 1.54) is 14.2 Å². The second-order valence-electron chi connectivity index (χ2n) is 4.71. The Morgan fingerprint density at radius 2 is 1.89 bits per heavy atom. The van der Waals surface area contributed by atoms with Gasteiger partial charge in [-0.2, -0.15) is 0 Å². The van der Waals surface area contributed by atoms with E-state index in [2.05, 4.69) is 6.92 Å². The molecular formula is C14H19NO4. The van der Waals surface area contributed by atoms with Gasteiger partial charge in [0.1, 0.15) is 0 Å². The lowest BCUT2D eigenvalue weighted by atomic mass is 9.77. The minimum atomic E-state index is -1.31. The summed E-state index contributed by atoms with van der Waals surface area (Å²) in [5.41, 5.74) is 0.496. The van der Waals surface area contributed by atoms with E-state index < -0.39 is 17.4 Å². The first-order valence-electron chi connectivity index (χ1n) is 6.47. The molecule has 1 aromatic rings. The molecule has 0 unspecified atom stereocenters. The summed E-state index contributed by atoms with van der Waals surface area (Å²) in [5, 5.41) is 0. The van der Waals surface area contributed by atoms with Crippen LogP contribution in [0.4, 0.5) is 0 Å². The molecule has 19 heavy (non-hydrogen) atoms. The Kier molecular flexibility index (Phi) is 3.64. The third kappa shape index (κ3) is 1.84. The molecule has 0 aromatic carbocycles. The molecule has 0 radical (unpaired) electrons. The predicted octanol–water partition coefficient (Wildman–Crippen LogP) is 1.43. The molecule has 2 heterocycles. The number of hydrogen-bond donors (Lipinski definition) is 0. The van der Waals surface area contributed by atoms with Crippen molar-refractivity contribution in [1.29, 1.82) is 0 Å². The summed E-state index contributed by atoms with van der Waals surface area (Å²) in [7, 11) is 2.60. The van der Waals surface area contributed by atoms with Crippen LogP contribution in [0.3, 0.4) is 0 Å². The SMILES string of the molecule is CCc1ccc2n1CCCC2(C(=O)OC)C(=O)OC. The number of aromatic nitrogens is 1. The van der Waals surface area contributed by atoms with Crippen molar-refractivity contribution >= 4 is 11.9 Å². The molecule has 5 heteroatoms. The molecule has 1 aromatic heterocycles. The van der Waals surface area contributed by atoms with Gasteiger partial charge >= 0.3 is 11.9 Å². The highest BCUT2D eigenvalue weighted by Gasteiger charge is 2.53. The van der Waals surface area contributed by atoms with Crippen LogP contribution in [0.5, 0.6) is 0 Å². The smallest absolute Gasteiger partial charge is 0.329 e. The summed E-state index contributed by atoms with van der Waals surface area (Å²) in [6, 6.07) is 3.80. The van der Waals surface area contributed by atoms with Gasteiger partial charge in [0.15, 0.2) is 0 Å². The summed E-state index contributed by atoms with van der Waals surface area (Å²) in [6.07, 6.45) is 2.04. The predicted molar refractivity (Wildman–Crippen MR) is 68.8 cm³/mol. The zero-order chi connectivity index (χ0) is 14.0. The highest BCUT2D eigenvalue weighted by atomic mass is 16.5. The molecule has 0 amide bonds. The zero-order valence-corrected chi connectivity index (χ0v) is 11.6. The topological polar surface area (TPSA) is 57.5 Å². The molecule has 104 valence electrons. The van der Waals surface area contributed by atoms with Crippen molar-refractivity contribution in [3.63, 3.8) is 0 Å². The molecule has 0 fully saturated rings. The lowest BCUT2D eigenvalue weighted by molar-refractivity contribution is -0.163. The van der Waals surface area contributed by atoms with E-state index in [9.17, 15) is 9.59 Å². The Hall–Kier alpha value is -1.78. The molecule has 0 spiro atoms. The molecular weight excluding hydrogens is 246 g/mol. The maximum atomic E-state index is 12.2. The second kappa shape index (κ2) is 5.07. The number of carbonyl (C=O) groups excluding carboxylic acids is 2. The summed E-state index contributed by atoms with van der Waals surface area (Å²) in [4.78, 5) is 24.4. The van der Waals surface area contributed by atoms with Crippen molar-refractivity contribution in [3.05, 3.63) is 23.5 Å². The largest absolute Gasteiger partial charge is 0.468 e. The molecule has 0 atom stereocenters. The fraction of sp³-hybridized carbons (Fsp3) is 0.571. The summed E-state index contributed by atoms with van der Waals surface area (Å²) in [6.45, 7) is 2.87. The highest BCUT2D eigenvalue weighted by Crippen LogP contribution is 2.38. The van der Waals surface area contributed by atoms with E-state index in [0.717, 1.165) is 25.1 Å². The van der Waals surface area contributed by atoms with E-state index in [0.29, 0.717) is 12.1 Å². The Morgan fingerprint density at radius 1 is 1.26 bits per heavy atom. The standard InChI is InChI=1S/C14H19NO4/c1-4-10-6-7-11-14(12(16)18-2,13(17)19-3)8-5-9-15(10)11/h6-7H,4-5,8-9H2,1-3H3. The van der Waals surface area contributed by atoms with Gasteiger partial charge in [-0.05, 0) is 31.4 Å². The van der Waals surface area contributed by atoms with Crippen molar-refractivity contribution in [2.45, 2.75) is 38.1 Å². The van der Waals surface area contributed by atoms with Crippen molar-refractivity contribution in [2.75, 3.05) is 14.2 Å². The number of rotatable bonds is 3. The maximum absolute atomic E-state index is 12.2. The number of methoxy groups -OCH3 is 2. The molecule has 0 saturated heterocycles. The number of aryl methyl sites for hydroxylation is 1. The Balaban J connectivity index is 2.61. The van der Waals surface area contributed by atoms with Gasteiger partial charge in [-0.3, -0.25) is 9.59 Å². The number of ether oxygens (including phenoxy) is 2. The lowest BCUT2D eigenvalue weighted by Crippen LogP contribution is -2.49. The van der Waals surface area contributed by atoms with E-state index >= 15 is 0 Å². The average molecular weight is 265 g/mol. The van der Waals surface area contributed by atoms with E-state index in [-0.39, 0.29) is 0 Å². The van der Waals surface area contributed by atoms with Gasteiger partial charge < -0.3 is 14.0 Å². The van der Waals surface area contributed by atoms with Crippen LogP contribution in [0.1, 0.15) is 31.2 Å². The minimum Gasteiger partial charge on any atom is -0.468 e. The van der Waals surface area contributed by atoms with Crippen LogP contribution in [0.15, 0.2) is 12.1 Å². The first-order valence-corrected chi connectivity index (χ1v) is 6.47. The van der Waals surface area contributed by atoms with Crippen LogP contribution < -0.4 is 0 Å². The van der Waals surface area contributed by atoms with E-state index in [1.54, 1.807) is 0 Å². The minimum absolute atomic E-state index is 0.430. The van der Waals surface area contributed by atoms with Gasteiger partial charge in [0.2, 0.25) is 5.41 Å². The maximum Gasteiger partial charge on any atom is 0.329 e. The fourth-order valence-corrected chi connectivity index (χ4v) is 2.93. The quantitative estimate of drug-likeness (QED) is 0.613. The first-order chi connectivity index (χ1) is 9.11. The van der Waals surface area contributed by atoms with Gasteiger partial charge in [-0.25, -0.2) is 0 Å². The van der Waals surface area contributed by atoms with Gasteiger partial charge in [-0.1, -0.05) is 6.92 Å². The summed E-state index contributed by atoms with van der Waals surface area (Å²) >= 11 is 0. The fourth-order valence-electron chi connectivity index (χ4n) is 2.93. The molecule has 0 aliphatic carbocycles. The van der Waals surface area contributed by atoms with Crippen LogP contribution in [-0.4, -0.2) is 30.7 Å². The van der Waals surface area contributed by atoms with Gasteiger partial charge in [0, 0.05) is 17.9 Å². The van der Waals surface area contributed by atoms with Gasteiger partial charge in [0.05, 0.1) is 14.2 Å². The Morgan fingerprint density at radius 3 is 2.42 bits per heavy atom. The average Bonchev–Trinajstić information content (AvgIpc) is 2.88. The Labute approximate surface area is 112 Å².